The van der Waals surface area contributed by atoms with E-state index in [0.29, 0.717) is 0 Å². The van der Waals surface area contributed by atoms with Crippen LogP contribution in [-0.4, -0.2) is 15.8 Å². The van der Waals surface area contributed by atoms with Gasteiger partial charge < -0.3 is 23.4 Å². The first-order valence-electron chi connectivity index (χ1n) is 41.8. The first kappa shape index (κ1) is 72.3. The molecule has 2 aliphatic rings. The Hall–Kier alpha value is -13.4. The lowest BCUT2D eigenvalue weighted by atomic mass is 9.33. The fraction of sp³-hybridized carbons (Fsp3) is 0.143. The van der Waals surface area contributed by atoms with Crippen molar-refractivity contribution in [3.05, 3.63) is 368 Å². The molecule has 5 nitrogen and oxygen atoms in total. The molecule has 0 unspecified atom stereocenters. The Morgan fingerprint density at radius 2 is 0.576 bits per heavy atom. The average molecular weight is 1520 g/mol. The zero-order valence-corrected chi connectivity index (χ0v) is 69.2. The minimum absolute atomic E-state index is 0.109. The summed E-state index contributed by atoms with van der Waals surface area (Å²) in [5.41, 5.74) is 36.4. The summed E-state index contributed by atoms with van der Waals surface area (Å²) in [6.07, 6.45) is 0. The topological polar surface area (TPSA) is 29.5 Å². The Morgan fingerprint density at radius 1 is 0.229 bits per heavy atom. The van der Waals surface area contributed by atoms with Gasteiger partial charge in [-0.05, 0) is 214 Å². The Morgan fingerprint density at radius 3 is 0.992 bits per heavy atom. The predicted octanol–water partition coefficient (Wildman–Crippen LogP) is 29.1. The smallest absolute Gasteiger partial charge is 0.252 e. The third-order valence-electron chi connectivity index (χ3n) is 25.3. The van der Waals surface area contributed by atoms with E-state index in [0.717, 1.165) is 167 Å². The van der Waals surface area contributed by atoms with Crippen molar-refractivity contribution in [3.8, 4) is 78.1 Å². The van der Waals surface area contributed by atoms with Gasteiger partial charge in [0.05, 0.1) is 50.5 Å². The van der Waals surface area contributed by atoms with Crippen molar-refractivity contribution in [1.29, 1.82) is 0 Å². The van der Waals surface area contributed by atoms with Crippen molar-refractivity contribution in [2.75, 3.05) is 9.80 Å². The normalized spacial score (nSPS) is 13.0. The fourth-order valence-electron chi connectivity index (χ4n) is 19.1. The van der Waals surface area contributed by atoms with Gasteiger partial charge in [0.1, 0.15) is 5.58 Å². The molecule has 5 heterocycles. The molecule has 2 aliphatic heterocycles. The van der Waals surface area contributed by atoms with Crippen molar-refractivity contribution >= 4 is 123 Å². The van der Waals surface area contributed by atoms with Crippen LogP contribution in [0.1, 0.15) is 105 Å². The third-order valence-corrected chi connectivity index (χ3v) is 25.3. The van der Waals surface area contributed by atoms with E-state index in [2.05, 4.69) is 448 Å². The highest BCUT2D eigenvalue weighted by Crippen LogP contribution is 2.55. The molecule has 118 heavy (non-hydrogen) atoms. The van der Waals surface area contributed by atoms with Crippen LogP contribution in [0.5, 0.6) is 0 Å². The van der Waals surface area contributed by atoms with Crippen LogP contribution in [0.15, 0.2) is 350 Å². The molecule has 0 spiro atoms. The van der Waals surface area contributed by atoms with Crippen LogP contribution in [0.4, 0.5) is 34.1 Å². The lowest BCUT2D eigenvalue weighted by Gasteiger charge is -2.45. The van der Waals surface area contributed by atoms with Crippen LogP contribution in [0.25, 0.3) is 144 Å². The first-order valence-corrected chi connectivity index (χ1v) is 41.8. The molecule has 3 aromatic heterocycles. The molecule has 0 atom stereocenters. The fourth-order valence-corrected chi connectivity index (χ4v) is 19.1. The lowest BCUT2D eigenvalue weighted by molar-refractivity contribution is 0.590. The summed E-state index contributed by atoms with van der Waals surface area (Å²) >= 11 is 0. The summed E-state index contributed by atoms with van der Waals surface area (Å²) in [5, 5.41) is 7.01. The Balaban J connectivity index is 0.965. The van der Waals surface area contributed by atoms with Crippen LogP contribution >= 0.6 is 0 Å². The van der Waals surface area contributed by atoms with Gasteiger partial charge in [-0.25, -0.2) is 0 Å². The third kappa shape index (κ3) is 11.8. The van der Waals surface area contributed by atoms with E-state index in [4.69, 9.17) is 4.42 Å². The minimum atomic E-state index is -0.449. The molecule has 0 saturated carbocycles. The van der Waals surface area contributed by atoms with Gasteiger partial charge in [-0.1, -0.05) is 320 Å². The van der Waals surface area contributed by atoms with E-state index in [1.165, 1.54) is 49.4 Å². The standard InChI is InChI=1S/C112H93BN4O/c1-109(2,3)78-51-55-96-87(61-78)88-62-79(110(4,5)6)52-56-97(88)114(96)100-68-92-102(65-85(100)72-37-21-15-22-38-72)116(94-48-28-25-45-82(94)76-43-31-41-74(59-76)70-33-17-13-18-34-70)104-67-91-84-47-27-30-50-105(84)118-108(91)107-106(104)113(92)93-69-101(115-98-57-53-80(111(7,8)9)63-89(98)90-64-81(112(10,11)12)54-58-99(90)115)86(73-39-23-16-24-40-73)66-103(93)117(107)95-49-29-26-46-83(95)77-44-32-42-75(60-77)71-35-19-14-20-36-71/h13-69H,1-12H3. The number of rotatable bonds is 10. The van der Waals surface area contributed by atoms with Gasteiger partial charge in [-0.15, -0.1) is 0 Å². The highest BCUT2D eigenvalue weighted by Gasteiger charge is 2.48. The summed E-state index contributed by atoms with van der Waals surface area (Å²) in [4.78, 5) is 5.30. The van der Waals surface area contributed by atoms with Crippen molar-refractivity contribution in [2.24, 2.45) is 0 Å². The lowest BCUT2D eigenvalue weighted by Crippen LogP contribution is -2.61. The van der Waals surface area contributed by atoms with Crippen molar-refractivity contribution in [1.82, 2.24) is 9.13 Å². The molecule has 570 valence electrons. The first-order chi connectivity index (χ1) is 57.1. The maximum absolute atomic E-state index is 7.80. The zero-order valence-electron chi connectivity index (χ0n) is 69.2. The van der Waals surface area contributed by atoms with E-state index in [1.54, 1.807) is 0 Å². The van der Waals surface area contributed by atoms with Crippen LogP contribution in [-0.2, 0) is 21.7 Å². The summed E-state index contributed by atoms with van der Waals surface area (Å²) in [6.45, 7) is 27.6. The maximum atomic E-state index is 7.80. The second-order valence-electron chi connectivity index (χ2n) is 36.9. The van der Waals surface area contributed by atoms with Crippen LogP contribution in [0, 0.1) is 0 Å². The zero-order chi connectivity index (χ0) is 80.4. The van der Waals surface area contributed by atoms with Gasteiger partial charge in [-0.3, -0.25) is 0 Å². The molecule has 16 aromatic carbocycles. The Kier molecular flexibility index (Phi) is 16.6. The molecule has 0 N–H and O–H groups in total. The minimum Gasteiger partial charge on any atom is -0.454 e. The van der Waals surface area contributed by atoms with E-state index >= 15 is 0 Å². The average Bonchev–Trinajstić information content (AvgIpc) is 0.916. The number of anilines is 6. The number of nitrogens with zero attached hydrogens (tertiary/aromatic N) is 4. The van der Waals surface area contributed by atoms with E-state index in [9.17, 15) is 0 Å². The van der Waals surface area contributed by atoms with Gasteiger partial charge in [0, 0.05) is 71.6 Å². The Labute approximate surface area is 692 Å². The molecule has 0 bridgehead atoms. The number of furan rings is 1. The molecule has 0 amide bonds. The predicted molar refractivity (Wildman–Crippen MR) is 504 cm³/mol. The number of fused-ring (bicyclic) bond motifs is 14. The summed E-state index contributed by atoms with van der Waals surface area (Å²) < 4.78 is 13.0. The summed E-state index contributed by atoms with van der Waals surface area (Å²) in [5.74, 6) is 0. The summed E-state index contributed by atoms with van der Waals surface area (Å²) in [7, 11) is 0. The molecule has 0 fully saturated rings. The number of para-hydroxylation sites is 3. The van der Waals surface area contributed by atoms with Gasteiger partial charge >= 0.3 is 0 Å². The number of aromatic nitrogens is 2. The molecule has 0 aliphatic carbocycles. The van der Waals surface area contributed by atoms with Gasteiger partial charge in [0.15, 0.2) is 5.58 Å². The summed E-state index contributed by atoms with van der Waals surface area (Å²) in [6, 6.07) is 131. The van der Waals surface area contributed by atoms with Crippen molar-refractivity contribution in [3.63, 3.8) is 0 Å². The number of hydrogen-bond donors (Lipinski definition) is 0. The largest absolute Gasteiger partial charge is 0.454 e. The Bertz CT molecular complexity index is 6970. The number of hydrogen-bond acceptors (Lipinski definition) is 3. The van der Waals surface area contributed by atoms with Crippen LogP contribution in [0.2, 0.25) is 0 Å². The molecule has 19 aromatic rings. The van der Waals surface area contributed by atoms with Crippen molar-refractivity contribution < 1.29 is 4.42 Å². The highest BCUT2D eigenvalue weighted by atomic mass is 16.3. The molecular weight excluding hydrogens is 1430 g/mol. The van der Waals surface area contributed by atoms with Gasteiger partial charge in [0.2, 0.25) is 0 Å². The van der Waals surface area contributed by atoms with Gasteiger partial charge in [-0.2, -0.15) is 0 Å². The number of benzene rings is 16. The highest BCUT2D eigenvalue weighted by molar-refractivity contribution is 7.00. The van der Waals surface area contributed by atoms with E-state index in [-0.39, 0.29) is 21.7 Å². The molecular formula is C112H93BN4O. The van der Waals surface area contributed by atoms with E-state index < -0.39 is 6.71 Å². The molecule has 0 radical (unpaired) electrons. The van der Waals surface area contributed by atoms with Crippen molar-refractivity contribution in [2.45, 2.75) is 105 Å². The van der Waals surface area contributed by atoms with Crippen LogP contribution < -0.4 is 26.2 Å². The van der Waals surface area contributed by atoms with E-state index in [1.807, 2.05) is 0 Å². The monoisotopic (exact) mass is 1520 g/mol. The van der Waals surface area contributed by atoms with Gasteiger partial charge in [0.25, 0.3) is 6.71 Å². The molecule has 0 saturated heterocycles. The molecule has 21 rings (SSSR count). The quantitative estimate of drug-likeness (QED) is 0.128. The molecule has 6 heteroatoms. The maximum Gasteiger partial charge on any atom is 0.252 e. The second-order valence-corrected chi connectivity index (χ2v) is 36.9. The SMILES string of the molecule is CC(C)(C)c1ccc2c(c1)c1cc(C(C)(C)C)ccc1n2-c1cc2c(cc1-c1ccccc1)N(c1ccccc1-c1cccc(-c3ccccc3)c1)c1cc3c(oc4ccccc43)c3c1B2c1cc(-n2c4ccc(C(C)(C)C)cc4c4cc(C(C)(C)C)ccc42)c(-c2ccccc2)cc1N3c1ccccc1-c1cccc(-c2ccccc2)c1. The second kappa shape index (κ2) is 27.1. The van der Waals surface area contributed by atoms with Crippen LogP contribution in [0.3, 0.4) is 0 Å².